The zero-order chi connectivity index (χ0) is 28.0. The van der Waals surface area contributed by atoms with E-state index in [1.165, 1.54) is 17.0 Å². The van der Waals surface area contributed by atoms with Crippen molar-refractivity contribution in [3.05, 3.63) is 93.5 Å². The van der Waals surface area contributed by atoms with E-state index in [0.29, 0.717) is 27.7 Å². The lowest BCUT2D eigenvalue weighted by atomic mass is 10.1. The number of anilines is 1. The molecule has 0 aromatic heterocycles. The van der Waals surface area contributed by atoms with Gasteiger partial charge in [-0.3, -0.25) is 13.9 Å². The number of carbonyl (C=O) groups excluding carboxylic acids is 2. The molecule has 0 unspecified atom stereocenters. The van der Waals surface area contributed by atoms with Gasteiger partial charge in [0.05, 0.1) is 10.6 Å². The normalized spacial score (nSPS) is 12.1. The molecular formula is C28H31Cl2N3O4S. The highest BCUT2D eigenvalue weighted by atomic mass is 35.5. The van der Waals surface area contributed by atoms with Crippen LogP contribution in [0.3, 0.4) is 0 Å². The largest absolute Gasteiger partial charge is 0.355 e. The molecule has 0 aliphatic heterocycles. The van der Waals surface area contributed by atoms with E-state index in [-0.39, 0.29) is 23.0 Å². The Labute approximate surface area is 234 Å². The highest BCUT2D eigenvalue weighted by Crippen LogP contribution is 2.31. The summed E-state index contributed by atoms with van der Waals surface area (Å²) >= 11 is 12.5. The average molecular weight is 577 g/mol. The molecule has 0 saturated carbocycles. The highest BCUT2D eigenvalue weighted by molar-refractivity contribution is 7.92. The zero-order valence-electron chi connectivity index (χ0n) is 21.7. The number of hydrogen-bond acceptors (Lipinski definition) is 4. The number of amides is 2. The number of sulfonamides is 1. The van der Waals surface area contributed by atoms with E-state index in [0.717, 1.165) is 9.87 Å². The van der Waals surface area contributed by atoms with Gasteiger partial charge in [-0.25, -0.2) is 8.42 Å². The summed E-state index contributed by atoms with van der Waals surface area (Å²) in [6, 6.07) is 17.4. The Morgan fingerprint density at radius 2 is 1.63 bits per heavy atom. The molecule has 2 amide bonds. The van der Waals surface area contributed by atoms with Gasteiger partial charge in [-0.05, 0) is 75.2 Å². The van der Waals surface area contributed by atoms with Crippen molar-refractivity contribution in [1.82, 2.24) is 10.2 Å². The lowest BCUT2D eigenvalue weighted by Gasteiger charge is -2.32. The number of halogens is 2. The number of benzene rings is 3. The van der Waals surface area contributed by atoms with Crippen LogP contribution in [0.25, 0.3) is 0 Å². The Hall–Kier alpha value is -3.07. The average Bonchev–Trinajstić information content (AvgIpc) is 2.87. The minimum absolute atomic E-state index is 0.0356. The van der Waals surface area contributed by atoms with Gasteiger partial charge < -0.3 is 10.2 Å². The Bertz CT molecular complexity index is 1410. The molecule has 0 radical (unpaired) electrons. The second kappa shape index (κ2) is 12.7. The van der Waals surface area contributed by atoms with E-state index in [9.17, 15) is 18.0 Å². The number of nitrogens with one attached hydrogen (secondary N) is 1. The zero-order valence-corrected chi connectivity index (χ0v) is 24.1. The monoisotopic (exact) mass is 575 g/mol. The van der Waals surface area contributed by atoms with Gasteiger partial charge in [0.2, 0.25) is 11.8 Å². The molecule has 0 heterocycles. The molecule has 0 saturated heterocycles. The topological polar surface area (TPSA) is 86.8 Å². The van der Waals surface area contributed by atoms with Crippen molar-refractivity contribution in [2.75, 3.05) is 17.4 Å². The number of aryl methyl sites for hydroxylation is 1. The Kier molecular flexibility index (Phi) is 9.82. The van der Waals surface area contributed by atoms with Gasteiger partial charge in [-0.2, -0.15) is 0 Å². The maximum atomic E-state index is 13.9. The van der Waals surface area contributed by atoms with Gasteiger partial charge in [-0.15, -0.1) is 0 Å². The van der Waals surface area contributed by atoms with Crippen LogP contribution in [0.5, 0.6) is 0 Å². The molecule has 7 nitrogen and oxygen atoms in total. The van der Waals surface area contributed by atoms with Crippen LogP contribution >= 0.6 is 23.2 Å². The van der Waals surface area contributed by atoms with E-state index in [1.807, 2.05) is 6.92 Å². The van der Waals surface area contributed by atoms with Gasteiger partial charge in [0.25, 0.3) is 10.0 Å². The van der Waals surface area contributed by atoms with E-state index in [1.54, 1.807) is 75.4 Å². The molecule has 3 aromatic rings. The van der Waals surface area contributed by atoms with Crippen molar-refractivity contribution in [3.63, 3.8) is 0 Å². The highest BCUT2D eigenvalue weighted by Gasteiger charge is 2.33. The Balaban J connectivity index is 2.08. The molecule has 1 N–H and O–H groups in total. The molecule has 0 aliphatic carbocycles. The summed E-state index contributed by atoms with van der Waals surface area (Å²) in [7, 11) is -4.17. The number of nitrogens with zero attached hydrogens (tertiary/aromatic N) is 2. The lowest BCUT2D eigenvalue weighted by Crippen LogP contribution is -2.51. The number of hydrogen-bond donors (Lipinski definition) is 1. The van der Waals surface area contributed by atoms with Crippen LogP contribution in [0.15, 0.2) is 71.6 Å². The predicted octanol–water partition coefficient (Wildman–Crippen LogP) is 5.36. The fraction of sp³-hybridized carbons (Fsp3) is 0.286. The molecule has 10 heteroatoms. The lowest BCUT2D eigenvalue weighted by molar-refractivity contribution is -0.139. The minimum Gasteiger partial charge on any atom is -0.355 e. The first-order valence-electron chi connectivity index (χ1n) is 12.1. The second-order valence-electron chi connectivity index (χ2n) is 8.93. The van der Waals surface area contributed by atoms with E-state index in [4.69, 9.17) is 23.2 Å². The quantitative estimate of drug-likeness (QED) is 0.352. The maximum absolute atomic E-state index is 13.9. The van der Waals surface area contributed by atoms with Crippen molar-refractivity contribution < 1.29 is 18.0 Å². The van der Waals surface area contributed by atoms with Crippen LogP contribution in [0.1, 0.15) is 30.5 Å². The smallest absolute Gasteiger partial charge is 0.264 e. The molecule has 3 aromatic carbocycles. The van der Waals surface area contributed by atoms with Crippen molar-refractivity contribution in [1.29, 1.82) is 0 Å². The third-order valence-corrected chi connectivity index (χ3v) is 8.57. The molecule has 38 heavy (non-hydrogen) atoms. The van der Waals surface area contributed by atoms with Crippen molar-refractivity contribution in [2.45, 2.75) is 45.2 Å². The molecule has 1 atom stereocenters. The Morgan fingerprint density at radius 1 is 0.974 bits per heavy atom. The summed E-state index contributed by atoms with van der Waals surface area (Å²) < 4.78 is 28.8. The van der Waals surface area contributed by atoms with Crippen LogP contribution in [-0.4, -0.2) is 44.3 Å². The van der Waals surface area contributed by atoms with E-state index >= 15 is 0 Å². The van der Waals surface area contributed by atoms with Crippen LogP contribution in [0.2, 0.25) is 10.0 Å². The third kappa shape index (κ3) is 6.87. The molecule has 202 valence electrons. The van der Waals surface area contributed by atoms with Crippen LogP contribution in [0, 0.1) is 13.8 Å². The molecule has 0 fully saturated rings. The SMILES string of the molecule is CCNC(=O)[C@H](C)N(Cc1cccc(Cl)c1)C(=O)CN(c1cccc(Cl)c1C)S(=O)(=O)c1ccc(C)cc1. The Morgan fingerprint density at radius 3 is 2.26 bits per heavy atom. The fourth-order valence-corrected chi connectivity index (χ4v) is 5.81. The summed E-state index contributed by atoms with van der Waals surface area (Å²) in [5.74, 6) is -0.909. The number of rotatable bonds is 10. The van der Waals surface area contributed by atoms with Gasteiger partial charge >= 0.3 is 0 Å². The first-order chi connectivity index (χ1) is 17.9. The van der Waals surface area contributed by atoms with E-state index < -0.39 is 28.5 Å². The van der Waals surface area contributed by atoms with Crippen LogP contribution in [-0.2, 0) is 26.2 Å². The maximum Gasteiger partial charge on any atom is 0.264 e. The van der Waals surface area contributed by atoms with Gasteiger partial charge in [-0.1, -0.05) is 59.1 Å². The number of carbonyl (C=O) groups is 2. The minimum atomic E-state index is -4.17. The first-order valence-corrected chi connectivity index (χ1v) is 14.3. The summed E-state index contributed by atoms with van der Waals surface area (Å²) in [4.78, 5) is 28.0. The van der Waals surface area contributed by atoms with Gasteiger partial charge in [0.1, 0.15) is 12.6 Å². The third-order valence-electron chi connectivity index (χ3n) is 6.16. The molecule has 0 bridgehead atoms. The predicted molar refractivity (Wildman–Crippen MR) is 152 cm³/mol. The number of likely N-dealkylation sites (N-methyl/N-ethyl adjacent to an activating group) is 1. The van der Waals surface area contributed by atoms with Crippen molar-refractivity contribution >= 4 is 50.7 Å². The van der Waals surface area contributed by atoms with Crippen molar-refractivity contribution in [2.24, 2.45) is 0 Å². The molecule has 3 rings (SSSR count). The van der Waals surface area contributed by atoms with Gasteiger partial charge in [0.15, 0.2) is 0 Å². The summed E-state index contributed by atoms with van der Waals surface area (Å²) in [5.41, 5.74) is 2.39. The van der Waals surface area contributed by atoms with Gasteiger partial charge in [0, 0.05) is 23.1 Å². The molecular weight excluding hydrogens is 545 g/mol. The van der Waals surface area contributed by atoms with E-state index in [2.05, 4.69) is 5.32 Å². The first kappa shape index (κ1) is 29.5. The summed E-state index contributed by atoms with van der Waals surface area (Å²) in [6.07, 6.45) is 0. The second-order valence-corrected chi connectivity index (χ2v) is 11.6. The summed E-state index contributed by atoms with van der Waals surface area (Å²) in [5, 5.41) is 3.58. The molecule has 0 spiro atoms. The van der Waals surface area contributed by atoms with Crippen LogP contribution < -0.4 is 9.62 Å². The standard InChI is InChI=1S/C28H31Cl2N3O4S/c1-5-31-28(35)21(4)32(17-22-8-6-9-23(29)16-22)27(34)18-33(26-11-7-10-25(30)20(26)3)38(36,37)24-14-12-19(2)13-15-24/h6-16,21H,5,17-18H2,1-4H3,(H,31,35)/t21-/m0/s1. The fourth-order valence-electron chi connectivity index (χ4n) is 3.95. The molecule has 0 aliphatic rings. The van der Waals surface area contributed by atoms with Crippen molar-refractivity contribution in [3.8, 4) is 0 Å². The van der Waals surface area contributed by atoms with Crippen LogP contribution in [0.4, 0.5) is 5.69 Å². The summed E-state index contributed by atoms with van der Waals surface area (Å²) in [6.45, 7) is 6.85.